The summed E-state index contributed by atoms with van der Waals surface area (Å²) in [5, 5.41) is 10.0. The second-order valence-electron chi connectivity index (χ2n) is 4.94. The van der Waals surface area contributed by atoms with Gasteiger partial charge in [-0.1, -0.05) is 19.3 Å². The van der Waals surface area contributed by atoms with E-state index < -0.39 is 5.60 Å². The molecule has 1 unspecified atom stereocenters. The molecule has 0 aromatic carbocycles. The summed E-state index contributed by atoms with van der Waals surface area (Å²) in [5.41, 5.74) is 5.00. The molecule has 1 heterocycles. The zero-order chi connectivity index (χ0) is 10.0. The van der Waals surface area contributed by atoms with E-state index in [1.165, 1.54) is 32.1 Å². The molecule has 2 aliphatic rings. The normalized spacial score (nSPS) is 36.4. The largest absolute Gasteiger partial charge is 0.387 e. The van der Waals surface area contributed by atoms with Crippen LogP contribution in [-0.2, 0) is 0 Å². The van der Waals surface area contributed by atoms with Crippen LogP contribution in [-0.4, -0.2) is 41.3 Å². The van der Waals surface area contributed by atoms with Gasteiger partial charge in [-0.05, 0) is 19.3 Å². The lowest BCUT2D eigenvalue weighted by molar-refractivity contribution is 0.0487. The summed E-state index contributed by atoms with van der Waals surface area (Å²) >= 11 is 0. The van der Waals surface area contributed by atoms with Crippen molar-refractivity contribution in [2.75, 3.05) is 19.6 Å². The second kappa shape index (κ2) is 4.17. The lowest BCUT2D eigenvalue weighted by Gasteiger charge is -2.32. The van der Waals surface area contributed by atoms with Crippen molar-refractivity contribution in [3.8, 4) is 0 Å². The number of rotatable bonds is 2. The van der Waals surface area contributed by atoms with Crippen molar-refractivity contribution in [1.29, 1.82) is 0 Å². The summed E-state index contributed by atoms with van der Waals surface area (Å²) in [6.07, 6.45) is 7.62. The first-order chi connectivity index (χ1) is 6.73. The average Bonchev–Trinajstić information content (AvgIpc) is 2.63. The molecule has 0 spiro atoms. The van der Waals surface area contributed by atoms with Crippen LogP contribution in [0.2, 0.25) is 0 Å². The summed E-state index contributed by atoms with van der Waals surface area (Å²) in [5.74, 6) is 0. The molecule has 1 aliphatic carbocycles. The molecule has 2 fully saturated rings. The van der Waals surface area contributed by atoms with Crippen LogP contribution in [0.5, 0.6) is 0 Å². The molecule has 1 aliphatic heterocycles. The Morgan fingerprint density at radius 3 is 2.57 bits per heavy atom. The third-order valence-electron chi connectivity index (χ3n) is 3.83. The van der Waals surface area contributed by atoms with Gasteiger partial charge in [0.1, 0.15) is 0 Å². The first-order valence-electron chi connectivity index (χ1n) is 5.90. The van der Waals surface area contributed by atoms with Gasteiger partial charge < -0.3 is 10.8 Å². The number of nitrogens with two attached hydrogens (primary N) is 1. The summed E-state index contributed by atoms with van der Waals surface area (Å²) in [6, 6.07) is 0.726. The van der Waals surface area contributed by atoms with Crippen molar-refractivity contribution in [1.82, 2.24) is 4.90 Å². The Morgan fingerprint density at radius 1 is 1.29 bits per heavy atom. The second-order valence-corrected chi connectivity index (χ2v) is 4.94. The van der Waals surface area contributed by atoms with Crippen molar-refractivity contribution in [2.45, 2.75) is 50.2 Å². The van der Waals surface area contributed by atoms with E-state index in [0.717, 1.165) is 25.6 Å². The van der Waals surface area contributed by atoms with Gasteiger partial charge in [-0.25, -0.2) is 0 Å². The SMILES string of the molecule is NCC1(O)CCN(C2CCCCC2)C1. The molecular formula is C11H22N2O. The van der Waals surface area contributed by atoms with Gasteiger partial charge in [-0.15, -0.1) is 0 Å². The third-order valence-corrected chi connectivity index (χ3v) is 3.83. The number of nitrogens with zero attached hydrogens (tertiary/aromatic N) is 1. The molecule has 0 aromatic heterocycles. The van der Waals surface area contributed by atoms with E-state index in [0.29, 0.717) is 6.54 Å². The van der Waals surface area contributed by atoms with Crippen LogP contribution in [0.15, 0.2) is 0 Å². The topological polar surface area (TPSA) is 49.5 Å². The van der Waals surface area contributed by atoms with Crippen LogP contribution in [0.25, 0.3) is 0 Å². The average molecular weight is 198 g/mol. The minimum absolute atomic E-state index is 0.413. The molecule has 1 atom stereocenters. The predicted octanol–water partition coefficient (Wildman–Crippen LogP) is 0.715. The Morgan fingerprint density at radius 2 is 2.00 bits per heavy atom. The highest BCUT2D eigenvalue weighted by atomic mass is 16.3. The highest BCUT2D eigenvalue weighted by Gasteiger charge is 2.37. The molecule has 0 aromatic rings. The lowest BCUT2D eigenvalue weighted by atomic mass is 9.94. The maximum absolute atomic E-state index is 10.0. The molecule has 0 radical (unpaired) electrons. The number of aliphatic hydroxyl groups is 1. The summed E-state index contributed by atoms with van der Waals surface area (Å²) in [6.45, 7) is 2.25. The minimum Gasteiger partial charge on any atom is -0.387 e. The zero-order valence-electron chi connectivity index (χ0n) is 8.91. The van der Waals surface area contributed by atoms with E-state index in [9.17, 15) is 5.11 Å². The molecule has 3 N–H and O–H groups in total. The molecule has 1 saturated carbocycles. The summed E-state index contributed by atoms with van der Waals surface area (Å²) in [7, 11) is 0. The Bertz CT molecular complexity index is 192. The van der Waals surface area contributed by atoms with Gasteiger partial charge in [0.05, 0.1) is 5.60 Å². The van der Waals surface area contributed by atoms with Crippen LogP contribution >= 0.6 is 0 Å². The third kappa shape index (κ3) is 2.10. The monoisotopic (exact) mass is 198 g/mol. The van der Waals surface area contributed by atoms with Crippen molar-refractivity contribution in [3.05, 3.63) is 0 Å². The smallest absolute Gasteiger partial charge is 0.0907 e. The summed E-state index contributed by atoms with van der Waals surface area (Å²) < 4.78 is 0. The minimum atomic E-state index is -0.586. The number of hydrogen-bond acceptors (Lipinski definition) is 3. The van der Waals surface area contributed by atoms with Crippen LogP contribution in [0, 0.1) is 0 Å². The highest BCUT2D eigenvalue weighted by Crippen LogP contribution is 2.28. The van der Waals surface area contributed by atoms with Gasteiger partial charge in [-0.2, -0.15) is 0 Å². The van der Waals surface area contributed by atoms with Crippen molar-refractivity contribution >= 4 is 0 Å². The van der Waals surface area contributed by atoms with Gasteiger partial charge >= 0.3 is 0 Å². The molecule has 1 saturated heterocycles. The van der Waals surface area contributed by atoms with Gasteiger partial charge in [0.25, 0.3) is 0 Å². The highest BCUT2D eigenvalue weighted by molar-refractivity contribution is 4.93. The number of likely N-dealkylation sites (tertiary alicyclic amines) is 1. The maximum Gasteiger partial charge on any atom is 0.0907 e. The molecule has 3 nitrogen and oxygen atoms in total. The lowest BCUT2D eigenvalue weighted by Crippen LogP contribution is -2.43. The van der Waals surface area contributed by atoms with E-state index in [1.54, 1.807) is 0 Å². The molecule has 2 rings (SSSR count). The van der Waals surface area contributed by atoms with Gasteiger partial charge in [0, 0.05) is 25.7 Å². The van der Waals surface area contributed by atoms with Crippen molar-refractivity contribution in [2.24, 2.45) is 5.73 Å². The molecule has 82 valence electrons. The molecule has 0 bridgehead atoms. The Balaban J connectivity index is 1.88. The Kier molecular flexibility index (Phi) is 3.10. The molecule has 14 heavy (non-hydrogen) atoms. The van der Waals surface area contributed by atoms with E-state index in [1.807, 2.05) is 0 Å². The fraction of sp³-hybridized carbons (Fsp3) is 1.00. The summed E-state index contributed by atoms with van der Waals surface area (Å²) in [4.78, 5) is 2.45. The first-order valence-corrected chi connectivity index (χ1v) is 5.90. The zero-order valence-corrected chi connectivity index (χ0v) is 8.91. The maximum atomic E-state index is 10.0. The molecule has 0 amide bonds. The first kappa shape index (κ1) is 10.4. The number of hydrogen-bond donors (Lipinski definition) is 2. The Hall–Kier alpha value is -0.120. The fourth-order valence-corrected chi connectivity index (χ4v) is 2.81. The standard InChI is InChI=1S/C11H22N2O/c12-8-11(14)6-7-13(9-11)10-4-2-1-3-5-10/h10,14H,1-9,12H2. The van der Waals surface area contributed by atoms with Gasteiger partial charge in [0.2, 0.25) is 0 Å². The van der Waals surface area contributed by atoms with E-state index in [-0.39, 0.29) is 0 Å². The van der Waals surface area contributed by atoms with Gasteiger partial charge in [0.15, 0.2) is 0 Å². The predicted molar refractivity (Wildman–Crippen MR) is 57.1 cm³/mol. The van der Waals surface area contributed by atoms with Gasteiger partial charge in [-0.3, -0.25) is 4.90 Å². The van der Waals surface area contributed by atoms with E-state index in [2.05, 4.69) is 4.90 Å². The molecule has 3 heteroatoms. The molecular weight excluding hydrogens is 176 g/mol. The van der Waals surface area contributed by atoms with Crippen LogP contribution in [0.1, 0.15) is 38.5 Å². The van der Waals surface area contributed by atoms with Crippen LogP contribution < -0.4 is 5.73 Å². The van der Waals surface area contributed by atoms with E-state index in [4.69, 9.17) is 5.73 Å². The Labute approximate surface area is 86.3 Å². The van der Waals surface area contributed by atoms with Crippen LogP contribution in [0.4, 0.5) is 0 Å². The fourth-order valence-electron chi connectivity index (χ4n) is 2.81. The van der Waals surface area contributed by atoms with Crippen molar-refractivity contribution in [3.63, 3.8) is 0 Å². The quantitative estimate of drug-likeness (QED) is 0.687. The number of β-amino-alcohol motifs (C(OH)–C–C–N with tert-alkyl or cyclic N) is 1. The van der Waals surface area contributed by atoms with E-state index >= 15 is 0 Å². The van der Waals surface area contributed by atoms with Crippen LogP contribution in [0.3, 0.4) is 0 Å². The van der Waals surface area contributed by atoms with Crippen molar-refractivity contribution < 1.29 is 5.11 Å².